The van der Waals surface area contributed by atoms with E-state index in [1.54, 1.807) is 30.3 Å². The number of nitrogens with zero attached hydrogens (tertiary/aromatic N) is 1. The molecule has 0 bridgehead atoms. The van der Waals surface area contributed by atoms with Gasteiger partial charge in [0, 0.05) is 6.07 Å². The quantitative estimate of drug-likeness (QED) is 0.660. The molecular weight excluding hydrogens is 244 g/mol. The van der Waals surface area contributed by atoms with E-state index in [4.69, 9.17) is 10.5 Å². The summed E-state index contributed by atoms with van der Waals surface area (Å²) in [4.78, 5) is 10.4. The molecule has 5 heteroatoms. The van der Waals surface area contributed by atoms with Crippen molar-refractivity contribution in [1.29, 1.82) is 0 Å². The van der Waals surface area contributed by atoms with Crippen LogP contribution in [0.1, 0.15) is 5.56 Å². The van der Waals surface area contributed by atoms with E-state index in [1.807, 2.05) is 12.1 Å². The SMILES string of the molecule is NCCc1ccc(Oc2ccccc2[N+](=O)[O-])cc1. The Morgan fingerprint density at radius 1 is 1.11 bits per heavy atom. The molecule has 0 spiro atoms. The fourth-order valence-electron chi connectivity index (χ4n) is 1.71. The zero-order valence-electron chi connectivity index (χ0n) is 10.3. The first-order chi connectivity index (χ1) is 9.20. The minimum atomic E-state index is -0.460. The molecule has 19 heavy (non-hydrogen) atoms. The molecule has 2 N–H and O–H groups in total. The molecule has 2 aromatic rings. The van der Waals surface area contributed by atoms with Gasteiger partial charge in [0.25, 0.3) is 0 Å². The highest BCUT2D eigenvalue weighted by Gasteiger charge is 2.14. The second-order valence-corrected chi connectivity index (χ2v) is 4.01. The molecule has 0 unspecified atom stereocenters. The normalized spacial score (nSPS) is 10.2. The van der Waals surface area contributed by atoms with E-state index in [-0.39, 0.29) is 11.4 Å². The van der Waals surface area contributed by atoms with Crippen molar-refractivity contribution in [2.45, 2.75) is 6.42 Å². The molecule has 98 valence electrons. The highest BCUT2D eigenvalue weighted by atomic mass is 16.6. The van der Waals surface area contributed by atoms with Gasteiger partial charge in [-0.3, -0.25) is 10.1 Å². The predicted octanol–water partition coefficient (Wildman–Crippen LogP) is 2.89. The van der Waals surface area contributed by atoms with Crippen molar-refractivity contribution < 1.29 is 9.66 Å². The fourth-order valence-corrected chi connectivity index (χ4v) is 1.71. The van der Waals surface area contributed by atoms with Crippen LogP contribution in [0.2, 0.25) is 0 Å². The van der Waals surface area contributed by atoms with Crippen LogP contribution in [0.4, 0.5) is 5.69 Å². The summed E-state index contributed by atoms with van der Waals surface area (Å²) in [6.07, 6.45) is 0.797. The Balaban J connectivity index is 2.19. The van der Waals surface area contributed by atoms with E-state index in [1.165, 1.54) is 6.07 Å². The van der Waals surface area contributed by atoms with Gasteiger partial charge in [-0.1, -0.05) is 24.3 Å². The average Bonchev–Trinajstić information content (AvgIpc) is 2.42. The van der Waals surface area contributed by atoms with Gasteiger partial charge in [-0.2, -0.15) is 0 Å². The highest BCUT2D eigenvalue weighted by Crippen LogP contribution is 2.30. The Kier molecular flexibility index (Phi) is 4.10. The van der Waals surface area contributed by atoms with Crippen LogP contribution < -0.4 is 10.5 Å². The third-order valence-electron chi connectivity index (χ3n) is 2.65. The number of hydrogen-bond donors (Lipinski definition) is 1. The summed E-state index contributed by atoms with van der Waals surface area (Å²) in [6, 6.07) is 13.7. The zero-order chi connectivity index (χ0) is 13.7. The summed E-state index contributed by atoms with van der Waals surface area (Å²) in [6.45, 7) is 0.588. The number of ether oxygens (including phenoxy) is 1. The van der Waals surface area contributed by atoms with E-state index in [9.17, 15) is 10.1 Å². The van der Waals surface area contributed by atoms with Crippen LogP contribution in [0.3, 0.4) is 0 Å². The van der Waals surface area contributed by atoms with Crippen molar-refractivity contribution in [3.8, 4) is 11.5 Å². The lowest BCUT2D eigenvalue weighted by Crippen LogP contribution is -2.02. The van der Waals surface area contributed by atoms with Gasteiger partial charge in [-0.05, 0) is 36.7 Å². The van der Waals surface area contributed by atoms with Crippen LogP contribution >= 0.6 is 0 Å². The van der Waals surface area contributed by atoms with Gasteiger partial charge in [0.15, 0.2) is 0 Å². The molecule has 2 aromatic carbocycles. The molecule has 0 fully saturated rings. The van der Waals surface area contributed by atoms with Gasteiger partial charge in [0.05, 0.1) is 4.92 Å². The molecule has 0 aliphatic carbocycles. The predicted molar refractivity (Wildman–Crippen MR) is 72.4 cm³/mol. The maximum Gasteiger partial charge on any atom is 0.311 e. The van der Waals surface area contributed by atoms with Crippen LogP contribution in [0, 0.1) is 10.1 Å². The van der Waals surface area contributed by atoms with Crippen molar-refractivity contribution in [3.05, 3.63) is 64.2 Å². The van der Waals surface area contributed by atoms with Crippen LogP contribution in [0.25, 0.3) is 0 Å². The van der Waals surface area contributed by atoms with Crippen molar-refractivity contribution in [2.24, 2.45) is 5.73 Å². The minimum absolute atomic E-state index is 0.0477. The monoisotopic (exact) mass is 258 g/mol. The van der Waals surface area contributed by atoms with Crippen LogP contribution in [-0.2, 0) is 6.42 Å². The van der Waals surface area contributed by atoms with Crippen LogP contribution in [0.15, 0.2) is 48.5 Å². The second kappa shape index (κ2) is 5.97. The van der Waals surface area contributed by atoms with Gasteiger partial charge in [0.2, 0.25) is 5.75 Å². The molecule has 0 heterocycles. The maximum atomic E-state index is 10.9. The average molecular weight is 258 g/mol. The van der Waals surface area contributed by atoms with Gasteiger partial charge in [-0.25, -0.2) is 0 Å². The number of nitro groups is 1. The van der Waals surface area contributed by atoms with Crippen molar-refractivity contribution in [2.75, 3.05) is 6.54 Å². The van der Waals surface area contributed by atoms with Gasteiger partial charge in [-0.15, -0.1) is 0 Å². The summed E-state index contributed by atoms with van der Waals surface area (Å²) >= 11 is 0. The number of para-hydroxylation sites is 2. The van der Waals surface area contributed by atoms with Crippen molar-refractivity contribution in [3.63, 3.8) is 0 Å². The Hall–Kier alpha value is -2.40. The lowest BCUT2D eigenvalue weighted by atomic mass is 10.1. The molecule has 0 radical (unpaired) electrons. The van der Waals surface area contributed by atoms with Gasteiger partial charge in [0.1, 0.15) is 5.75 Å². The molecule has 0 aliphatic heterocycles. The molecule has 2 rings (SSSR count). The largest absolute Gasteiger partial charge is 0.450 e. The molecule has 0 saturated carbocycles. The van der Waals surface area contributed by atoms with Crippen LogP contribution in [0.5, 0.6) is 11.5 Å². The highest BCUT2D eigenvalue weighted by molar-refractivity contribution is 5.48. The molecule has 0 aliphatic rings. The second-order valence-electron chi connectivity index (χ2n) is 4.01. The summed E-state index contributed by atoms with van der Waals surface area (Å²) in [5, 5.41) is 10.9. The Morgan fingerprint density at radius 3 is 2.42 bits per heavy atom. The molecule has 0 amide bonds. The molecule has 0 atom stereocenters. The standard InChI is InChI=1S/C14H14N2O3/c15-10-9-11-5-7-12(8-6-11)19-14-4-2-1-3-13(14)16(17)18/h1-8H,9-10,15H2. The summed E-state index contributed by atoms with van der Waals surface area (Å²) in [7, 11) is 0. The first-order valence-electron chi connectivity index (χ1n) is 5.91. The Bertz CT molecular complexity index is 567. The smallest absolute Gasteiger partial charge is 0.311 e. The Morgan fingerprint density at radius 2 is 1.79 bits per heavy atom. The molecule has 5 nitrogen and oxygen atoms in total. The number of hydrogen-bond acceptors (Lipinski definition) is 4. The summed E-state index contributed by atoms with van der Waals surface area (Å²) in [5.41, 5.74) is 6.53. The van der Waals surface area contributed by atoms with E-state index in [0.717, 1.165) is 12.0 Å². The fraction of sp³-hybridized carbons (Fsp3) is 0.143. The van der Waals surface area contributed by atoms with Crippen molar-refractivity contribution in [1.82, 2.24) is 0 Å². The first-order valence-corrected chi connectivity index (χ1v) is 5.91. The molecule has 0 saturated heterocycles. The number of nitrogens with two attached hydrogens (primary N) is 1. The summed E-state index contributed by atoms with van der Waals surface area (Å²) < 4.78 is 5.53. The molecule has 0 aromatic heterocycles. The first kappa shape index (κ1) is 13.0. The number of benzene rings is 2. The van der Waals surface area contributed by atoms with Gasteiger partial charge < -0.3 is 10.5 Å². The zero-order valence-corrected chi connectivity index (χ0v) is 10.3. The Labute approximate surface area is 110 Å². The maximum absolute atomic E-state index is 10.9. The van der Waals surface area contributed by atoms with Crippen LogP contribution in [-0.4, -0.2) is 11.5 Å². The van der Waals surface area contributed by atoms with Gasteiger partial charge >= 0.3 is 5.69 Å². The van der Waals surface area contributed by atoms with E-state index < -0.39 is 4.92 Å². The summed E-state index contributed by atoms with van der Waals surface area (Å²) in [5.74, 6) is 0.800. The number of rotatable bonds is 5. The lowest BCUT2D eigenvalue weighted by Gasteiger charge is -2.06. The minimum Gasteiger partial charge on any atom is -0.450 e. The third kappa shape index (κ3) is 3.29. The van der Waals surface area contributed by atoms with E-state index in [2.05, 4.69) is 0 Å². The lowest BCUT2D eigenvalue weighted by molar-refractivity contribution is -0.385. The molecular formula is C14H14N2O3. The topological polar surface area (TPSA) is 78.4 Å². The third-order valence-corrected chi connectivity index (χ3v) is 2.65. The number of nitro benzene ring substituents is 1. The van der Waals surface area contributed by atoms with E-state index >= 15 is 0 Å². The van der Waals surface area contributed by atoms with E-state index in [0.29, 0.717) is 12.3 Å². The van der Waals surface area contributed by atoms with Crippen molar-refractivity contribution >= 4 is 5.69 Å².